The Hall–Kier alpha value is -2.73. The Bertz CT molecular complexity index is 890. The van der Waals surface area contributed by atoms with Crippen LogP contribution in [-0.2, 0) is 4.79 Å². The summed E-state index contributed by atoms with van der Waals surface area (Å²) in [7, 11) is 0. The smallest absolute Gasteiger partial charge is 0.264 e. The van der Waals surface area contributed by atoms with E-state index < -0.39 is 0 Å². The molecule has 24 heavy (non-hydrogen) atoms. The van der Waals surface area contributed by atoms with Crippen LogP contribution in [0.4, 0.5) is 5.69 Å². The van der Waals surface area contributed by atoms with Crippen LogP contribution in [0, 0.1) is 6.92 Å². The van der Waals surface area contributed by atoms with Crippen LogP contribution in [0.3, 0.4) is 0 Å². The molecule has 5 nitrogen and oxygen atoms in total. The standard InChI is InChI=1S/C18H14N2O3S/c1-11-3-2-4-13(7-11)19-18-20-17(21)16(24-18)9-12-5-6-14-15(8-12)23-10-22-14/h2-9H,10H2,1H3,(H,19,20,21)/b16-9-. The van der Waals surface area contributed by atoms with Gasteiger partial charge < -0.3 is 14.8 Å². The van der Waals surface area contributed by atoms with Crippen molar-refractivity contribution < 1.29 is 14.3 Å². The maximum absolute atomic E-state index is 12.1. The largest absolute Gasteiger partial charge is 0.454 e. The van der Waals surface area contributed by atoms with Gasteiger partial charge in [-0.1, -0.05) is 18.2 Å². The normalized spacial score (nSPS) is 19.1. The minimum atomic E-state index is -0.149. The summed E-state index contributed by atoms with van der Waals surface area (Å²) in [6.45, 7) is 2.24. The van der Waals surface area contributed by atoms with Gasteiger partial charge in [0, 0.05) is 0 Å². The highest BCUT2D eigenvalue weighted by molar-refractivity contribution is 8.18. The Labute approximate surface area is 143 Å². The molecular weight excluding hydrogens is 324 g/mol. The second-order valence-electron chi connectivity index (χ2n) is 5.43. The number of hydrogen-bond acceptors (Lipinski definition) is 5. The van der Waals surface area contributed by atoms with E-state index in [1.165, 1.54) is 11.8 Å². The fraction of sp³-hybridized carbons (Fsp3) is 0.111. The second-order valence-corrected chi connectivity index (χ2v) is 6.46. The number of benzene rings is 2. The van der Waals surface area contributed by atoms with Crippen LogP contribution in [0.1, 0.15) is 11.1 Å². The predicted molar refractivity (Wildman–Crippen MR) is 94.5 cm³/mol. The number of hydrogen-bond donors (Lipinski definition) is 1. The van der Waals surface area contributed by atoms with E-state index in [0.717, 1.165) is 22.6 Å². The number of amides is 1. The lowest BCUT2D eigenvalue weighted by Crippen LogP contribution is -2.19. The Morgan fingerprint density at radius 1 is 1.17 bits per heavy atom. The summed E-state index contributed by atoms with van der Waals surface area (Å²) in [5.74, 6) is 1.27. The van der Waals surface area contributed by atoms with Crippen LogP contribution < -0.4 is 14.8 Å². The van der Waals surface area contributed by atoms with Gasteiger partial charge in [0.25, 0.3) is 5.91 Å². The minimum Gasteiger partial charge on any atom is -0.454 e. The van der Waals surface area contributed by atoms with Gasteiger partial charge in [-0.25, -0.2) is 4.99 Å². The summed E-state index contributed by atoms with van der Waals surface area (Å²) in [5, 5.41) is 3.38. The van der Waals surface area contributed by atoms with E-state index >= 15 is 0 Å². The van der Waals surface area contributed by atoms with Gasteiger partial charge in [-0.2, -0.15) is 0 Å². The highest BCUT2D eigenvalue weighted by Crippen LogP contribution is 2.34. The van der Waals surface area contributed by atoms with Gasteiger partial charge in [-0.05, 0) is 60.2 Å². The van der Waals surface area contributed by atoms with Crippen molar-refractivity contribution in [3.05, 3.63) is 58.5 Å². The molecule has 2 aliphatic rings. The summed E-state index contributed by atoms with van der Waals surface area (Å²) in [4.78, 5) is 17.2. The van der Waals surface area contributed by atoms with Gasteiger partial charge in [0.2, 0.25) is 6.79 Å². The first-order chi connectivity index (χ1) is 11.7. The zero-order chi connectivity index (χ0) is 16.5. The van der Waals surface area contributed by atoms with E-state index in [9.17, 15) is 4.79 Å². The SMILES string of the molecule is Cc1cccc(N=C2NC(=O)/C(=C/c3ccc4c(c3)OCO4)S2)c1. The predicted octanol–water partition coefficient (Wildman–Crippen LogP) is 3.62. The van der Waals surface area contributed by atoms with Gasteiger partial charge >= 0.3 is 0 Å². The van der Waals surface area contributed by atoms with Gasteiger partial charge in [-0.15, -0.1) is 0 Å². The first-order valence-electron chi connectivity index (χ1n) is 7.43. The summed E-state index contributed by atoms with van der Waals surface area (Å²) >= 11 is 1.33. The van der Waals surface area contributed by atoms with Crippen LogP contribution in [0.15, 0.2) is 52.4 Å². The van der Waals surface area contributed by atoms with E-state index in [-0.39, 0.29) is 12.7 Å². The van der Waals surface area contributed by atoms with Crippen molar-refractivity contribution in [1.82, 2.24) is 5.32 Å². The molecule has 0 unspecified atom stereocenters. The lowest BCUT2D eigenvalue weighted by Gasteiger charge is -1.98. The highest BCUT2D eigenvalue weighted by Gasteiger charge is 2.24. The first-order valence-corrected chi connectivity index (χ1v) is 8.25. The molecule has 0 spiro atoms. The third kappa shape index (κ3) is 3.00. The van der Waals surface area contributed by atoms with E-state index in [1.807, 2.05) is 55.5 Å². The molecule has 1 fully saturated rings. The van der Waals surface area contributed by atoms with Crippen LogP contribution in [-0.4, -0.2) is 17.9 Å². The fourth-order valence-electron chi connectivity index (χ4n) is 2.45. The highest BCUT2D eigenvalue weighted by atomic mass is 32.2. The van der Waals surface area contributed by atoms with Gasteiger partial charge in [0.05, 0.1) is 10.6 Å². The molecular formula is C18H14N2O3S. The Kier molecular flexibility index (Phi) is 3.74. The topological polar surface area (TPSA) is 59.9 Å². The number of rotatable bonds is 2. The molecule has 2 aliphatic heterocycles. The van der Waals surface area contributed by atoms with Crippen LogP contribution in [0.5, 0.6) is 11.5 Å². The number of aliphatic imine (C=N–C) groups is 1. The van der Waals surface area contributed by atoms with Crippen LogP contribution in [0.25, 0.3) is 6.08 Å². The summed E-state index contributed by atoms with van der Waals surface area (Å²) in [6.07, 6.45) is 1.82. The molecule has 2 aromatic rings. The number of carbonyl (C=O) groups excluding carboxylic acids is 1. The molecule has 0 aliphatic carbocycles. The van der Waals surface area contributed by atoms with Crippen molar-refractivity contribution >= 4 is 34.6 Å². The Balaban J connectivity index is 1.58. The molecule has 2 heterocycles. The minimum absolute atomic E-state index is 0.149. The third-order valence-electron chi connectivity index (χ3n) is 3.58. The lowest BCUT2D eigenvalue weighted by molar-refractivity contribution is -0.115. The number of ether oxygens (including phenoxy) is 2. The van der Waals surface area contributed by atoms with E-state index in [4.69, 9.17) is 9.47 Å². The molecule has 0 radical (unpaired) electrons. The molecule has 1 N–H and O–H groups in total. The van der Waals surface area contributed by atoms with Crippen molar-refractivity contribution in [2.45, 2.75) is 6.92 Å². The van der Waals surface area contributed by atoms with Gasteiger partial charge in [-0.3, -0.25) is 4.79 Å². The molecule has 2 aromatic carbocycles. The molecule has 0 atom stereocenters. The van der Waals surface area contributed by atoms with Crippen molar-refractivity contribution in [3.63, 3.8) is 0 Å². The molecule has 1 amide bonds. The van der Waals surface area contributed by atoms with Crippen molar-refractivity contribution in [2.75, 3.05) is 6.79 Å². The molecule has 0 bridgehead atoms. The fourth-order valence-corrected chi connectivity index (χ4v) is 3.29. The second kappa shape index (κ2) is 6.05. The van der Waals surface area contributed by atoms with Crippen LogP contribution in [0.2, 0.25) is 0 Å². The molecule has 0 aromatic heterocycles. The van der Waals surface area contributed by atoms with Crippen LogP contribution >= 0.6 is 11.8 Å². The summed E-state index contributed by atoms with van der Waals surface area (Å²) in [5.41, 5.74) is 2.83. The van der Waals surface area contributed by atoms with Gasteiger partial charge in [0.15, 0.2) is 16.7 Å². The summed E-state index contributed by atoms with van der Waals surface area (Å²) < 4.78 is 10.7. The van der Waals surface area contributed by atoms with E-state index in [0.29, 0.717) is 15.8 Å². The summed E-state index contributed by atoms with van der Waals surface area (Å²) in [6, 6.07) is 13.4. The zero-order valence-electron chi connectivity index (χ0n) is 12.9. The number of thioether (sulfide) groups is 1. The molecule has 1 saturated heterocycles. The van der Waals surface area contributed by atoms with Crippen molar-refractivity contribution in [3.8, 4) is 11.5 Å². The van der Waals surface area contributed by atoms with E-state index in [2.05, 4.69) is 10.3 Å². The molecule has 6 heteroatoms. The quantitative estimate of drug-likeness (QED) is 0.850. The van der Waals surface area contributed by atoms with Crippen molar-refractivity contribution in [2.24, 2.45) is 4.99 Å². The van der Waals surface area contributed by atoms with Gasteiger partial charge in [0.1, 0.15) is 0 Å². The number of nitrogens with one attached hydrogen (secondary N) is 1. The zero-order valence-corrected chi connectivity index (χ0v) is 13.7. The molecule has 0 saturated carbocycles. The molecule has 4 rings (SSSR count). The lowest BCUT2D eigenvalue weighted by atomic mass is 10.2. The number of amidine groups is 1. The average Bonchev–Trinajstić information content (AvgIpc) is 3.14. The average molecular weight is 338 g/mol. The number of nitrogens with zero attached hydrogens (tertiary/aromatic N) is 1. The Morgan fingerprint density at radius 3 is 2.92 bits per heavy atom. The number of fused-ring (bicyclic) bond motifs is 1. The maximum Gasteiger partial charge on any atom is 0.264 e. The maximum atomic E-state index is 12.1. The monoisotopic (exact) mass is 338 g/mol. The van der Waals surface area contributed by atoms with Crippen molar-refractivity contribution in [1.29, 1.82) is 0 Å². The molecule has 120 valence electrons. The third-order valence-corrected chi connectivity index (χ3v) is 4.49. The Morgan fingerprint density at radius 2 is 2.04 bits per heavy atom. The van der Waals surface area contributed by atoms with E-state index in [1.54, 1.807) is 0 Å². The number of aryl methyl sites for hydroxylation is 1. The number of carbonyl (C=O) groups is 1. The first kappa shape index (κ1) is 14.8.